The number of piperidine rings is 2. The van der Waals surface area contributed by atoms with Crippen molar-refractivity contribution < 1.29 is 14.3 Å². The molecule has 4 rings (SSSR count). The van der Waals surface area contributed by atoms with Gasteiger partial charge in [0.05, 0.1) is 12.1 Å². The smallest absolute Gasteiger partial charge is 0.246 e. The summed E-state index contributed by atoms with van der Waals surface area (Å²) in [7, 11) is 0. The van der Waals surface area contributed by atoms with Gasteiger partial charge in [-0.25, -0.2) is 0 Å². The van der Waals surface area contributed by atoms with Crippen LogP contribution >= 0.6 is 0 Å². The number of ketones is 1. The molecule has 0 spiro atoms. The van der Waals surface area contributed by atoms with Crippen LogP contribution in [0.25, 0.3) is 0 Å². The van der Waals surface area contributed by atoms with Crippen molar-refractivity contribution in [2.75, 3.05) is 13.2 Å². The summed E-state index contributed by atoms with van der Waals surface area (Å²) < 4.78 is 6.37. The van der Waals surface area contributed by atoms with Gasteiger partial charge in [-0.1, -0.05) is 13.8 Å². The van der Waals surface area contributed by atoms with E-state index >= 15 is 0 Å². The average Bonchev–Trinajstić information content (AvgIpc) is 2.92. The summed E-state index contributed by atoms with van der Waals surface area (Å²) in [6.07, 6.45) is 6.69. The number of carbonyl (C=O) groups is 2. The SMILES string of the molecule is CC1C[C@H]2[C@@H]3CCN4C(C)C(=O)CC[C@]4(C)[C@@H]3CC[C@]2(C)C1OCC(=O)NC(C)(C)C. The van der Waals surface area contributed by atoms with E-state index in [2.05, 4.69) is 37.9 Å². The molecule has 4 aliphatic rings. The maximum Gasteiger partial charge on any atom is 0.246 e. The molecule has 0 aromatic rings. The minimum Gasteiger partial charge on any atom is -0.368 e. The first kappa shape index (κ1) is 23.2. The van der Waals surface area contributed by atoms with Crippen LogP contribution in [0.4, 0.5) is 0 Å². The van der Waals surface area contributed by atoms with Gasteiger partial charge < -0.3 is 10.1 Å². The van der Waals surface area contributed by atoms with Crippen LogP contribution in [0.2, 0.25) is 0 Å². The number of rotatable bonds is 3. The second-order valence-corrected chi connectivity index (χ2v) is 12.6. The first-order chi connectivity index (χ1) is 14.4. The molecular weight excluding hydrogens is 388 g/mol. The average molecular weight is 433 g/mol. The number of amides is 1. The predicted molar refractivity (Wildman–Crippen MR) is 123 cm³/mol. The van der Waals surface area contributed by atoms with E-state index in [1.165, 1.54) is 25.7 Å². The van der Waals surface area contributed by atoms with Crippen molar-refractivity contribution >= 4 is 11.7 Å². The Morgan fingerprint density at radius 3 is 2.55 bits per heavy atom. The molecule has 0 aromatic heterocycles. The lowest BCUT2D eigenvalue weighted by Crippen LogP contribution is -2.67. The third-order valence-corrected chi connectivity index (χ3v) is 9.54. The molecule has 4 fully saturated rings. The summed E-state index contributed by atoms with van der Waals surface area (Å²) in [4.78, 5) is 27.3. The molecule has 5 nitrogen and oxygen atoms in total. The molecule has 0 radical (unpaired) electrons. The van der Waals surface area contributed by atoms with Gasteiger partial charge in [0.25, 0.3) is 0 Å². The lowest BCUT2D eigenvalue weighted by molar-refractivity contribution is -0.160. The molecule has 2 aliphatic carbocycles. The fourth-order valence-corrected chi connectivity index (χ4v) is 8.24. The summed E-state index contributed by atoms with van der Waals surface area (Å²) in [5.41, 5.74) is 0.0811. The van der Waals surface area contributed by atoms with Crippen molar-refractivity contribution in [3.63, 3.8) is 0 Å². The number of nitrogens with zero attached hydrogens (tertiary/aromatic N) is 1. The van der Waals surface area contributed by atoms with Crippen LogP contribution < -0.4 is 5.32 Å². The quantitative estimate of drug-likeness (QED) is 0.726. The minimum absolute atomic E-state index is 0.0119. The predicted octanol–water partition coefficient (Wildman–Crippen LogP) is 4.19. The number of carbonyl (C=O) groups excluding carboxylic acids is 2. The van der Waals surface area contributed by atoms with Crippen molar-refractivity contribution in [2.24, 2.45) is 29.1 Å². The van der Waals surface area contributed by atoms with Crippen molar-refractivity contribution in [1.29, 1.82) is 0 Å². The normalized spacial score (nSPS) is 45.6. The standard InChI is InChI=1S/C26H44N2O3/c1-16-14-20-18-10-13-28-17(2)21(29)9-12-26(28,7)19(18)8-11-25(20,6)23(16)31-15-22(30)27-24(3,4)5/h16-20,23H,8-15H2,1-7H3,(H,27,30)/t16?,17?,18-,19-,20+,23?,25+,26-/m1/s1. The van der Waals surface area contributed by atoms with E-state index in [1.54, 1.807) is 0 Å². The maximum absolute atomic E-state index is 12.4. The lowest BCUT2D eigenvalue weighted by Gasteiger charge is -2.62. The van der Waals surface area contributed by atoms with E-state index in [0.29, 0.717) is 29.5 Å². The van der Waals surface area contributed by atoms with Crippen LogP contribution in [0.3, 0.4) is 0 Å². The van der Waals surface area contributed by atoms with Gasteiger partial charge in [0.15, 0.2) is 0 Å². The van der Waals surface area contributed by atoms with Crippen molar-refractivity contribution in [3.05, 3.63) is 0 Å². The number of hydrogen-bond donors (Lipinski definition) is 1. The molecule has 5 heteroatoms. The highest BCUT2D eigenvalue weighted by atomic mass is 16.5. The van der Waals surface area contributed by atoms with Gasteiger partial charge in [0.2, 0.25) is 5.91 Å². The molecule has 3 unspecified atom stereocenters. The maximum atomic E-state index is 12.4. The number of fused-ring (bicyclic) bond motifs is 5. The van der Waals surface area contributed by atoms with Crippen LogP contribution in [-0.4, -0.2) is 53.0 Å². The summed E-state index contributed by atoms with van der Waals surface area (Å²) in [6, 6.07) is 0.0768. The van der Waals surface area contributed by atoms with Gasteiger partial charge in [-0.15, -0.1) is 0 Å². The molecule has 176 valence electrons. The molecule has 2 saturated carbocycles. The molecule has 1 amide bonds. The number of ether oxygens (including phenoxy) is 1. The molecule has 2 saturated heterocycles. The number of nitrogens with one attached hydrogen (secondary N) is 1. The van der Waals surface area contributed by atoms with Crippen molar-refractivity contribution in [2.45, 2.75) is 110 Å². The molecule has 1 N–H and O–H groups in total. The van der Waals surface area contributed by atoms with Crippen LogP contribution in [-0.2, 0) is 14.3 Å². The second-order valence-electron chi connectivity index (χ2n) is 12.6. The molecule has 0 aromatic carbocycles. The van der Waals surface area contributed by atoms with E-state index in [9.17, 15) is 9.59 Å². The van der Waals surface area contributed by atoms with E-state index < -0.39 is 0 Å². The van der Waals surface area contributed by atoms with E-state index in [1.807, 2.05) is 20.8 Å². The van der Waals surface area contributed by atoms with Crippen LogP contribution in [0.5, 0.6) is 0 Å². The van der Waals surface area contributed by atoms with Crippen LogP contribution in [0.1, 0.15) is 87.0 Å². The fraction of sp³-hybridized carbons (Fsp3) is 0.923. The molecule has 8 atom stereocenters. The summed E-state index contributed by atoms with van der Waals surface area (Å²) in [5.74, 6) is 2.93. The lowest BCUT2D eigenvalue weighted by atomic mass is 9.52. The van der Waals surface area contributed by atoms with Gasteiger partial charge in [0.1, 0.15) is 12.4 Å². The van der Waals surface area contributed by atoms with Gasteiger partial charge in [-0.3, -0.25) is 14.5 Å². The zero-order valence-electron chi connectivity index (χ0n) is 20.8. The zero-order chi connectivity index (χ0) is 22.8. The van der Waals surface area contributed by atoms with E-state index in [-0.39, 0.29) is 41.2 Å². The Bertz CT molecular complexity index is 731. The molecular formula is C26H44N2O3. The van der Waals surface area contributed by atoms with Gasteiger partial charge in [-0.2, -0.15) is 0 Å². The van der Waals surface area contributed by atoms with Crippen molar-refractivity contribution in [3.8, 4) is 0 Å². The highest BCUT2D eigenvalue weighted by Crippen LogP contribution is 2.63. The Labute approximate surface area is 189 Å². The molecule has 2 aliphatic heterocycles. The summed E-state index contributed by atoms with van der Waals surface area (Å²) in [5, 5.41) is 3.03. The molecule has 0 bridgehead atoms. The fourth-order valence-electron chi connectivity index (χ4n) is 8.24. The van der Waals surface area contributed by atoms with E-state index in [0.717, 1.165) is 19.4 Å². The van der Waals surface area contributed by atoms with Gasteiger partial charge in [0, 0.05) is 17.5 Å². The van der Waals surface area contributed by atoms with E-state index in [4.69, 9.17) is 4.74 Å². The van der Waals surface area contributed by atoms with Crippen LogP contribution in [0, 0.1) is 29.1 Å². The Kier molecular flexibility index (Phi) is 5.87. The Morgan fingerprint density at radius 1 is 1.16 bits per heavy atom. The third-order valence-electron chi connectivity index (χ3n) is 9.54. The topological polar surface area (TPSA) is 58.6 Å². The monoisotopic (exact) mass is 432 g/mol. The Hall–Kier alpha value is -0.940. The van der Waals surface area contributed by atoms with Crippen LogP contribution in [0.15, 0.2) is 0 Å². The summed E-state index contributed by atoms with van der Waals surface area (Å²) in [6.45, 7) is 16.6. The first-order valence-electron chi connectivity index (χ1n) is 12.6. The first-order valence-corrected chi connectivity index (χ1v) is 12.6. The number of Topliss-reactive ketones (excluding diaryl/α,β-unsaturated/α-hetero) is 1. The highest BCUT2D eigenvalue weighted by Gasteiger charge is 2.62. The molecule has 2 heterocycles. The largest absolute Gasteiger partial charge is 0.368 e. The minimum atomic E-state index is -0.228. The number of hydrogen-bond acceptors (Lipinski definition) is 4. The second kappa shape index (κ2) is 7.83. The zero-order valence-corrected chi connectivity index (χ0v) is 20.8. The molecule has 31 heavy (non-hydrogen) atoms. The third kappa shape index (κ3) is 3.88. The summed E-state index contributed by atoms with van der Waals surface area (Å²) >= 11 is 0. The Balaban J connectivity index is 1.49. The highest BCUT2D eigenvalue weighted by molar-refractivity contribution is 5.84. The Morgan fingerprint density at radius 2 is 1.87 bits per heavy atom. The van der Waals surface area contributed by atoms with Crippen molar-refractivity contribution in [1.82, 2.24) is 10.2 Å². The van der Waals surface area contributed by atoms with Gasteiger partial charge >= 0.3 is 0 Å². The van der Waals surface area contributed by atoms with Gasteiger partial charge in [-0.05, 0) is 102 Å².